The van der Waals surface area contributed by atoms with Crippen LogP contribution in [-0.4, -0.2) is 30.0 Å². The molecule has 1 aromatic heterocycles. The average Bonchev–Trinajstić information content (AvgIpc) is 2.53. The highest BCUT2D eigenvalue weighted by Crippen LogP contribution is 2.29. The number of hydrogen-bond donors (Lipinski definition) is 1. The summed E-state index contributed by atoms with van der Waals surface area (Å²) in [5, 5.41) is 0. The Hall–Kier alpha value is -1.09. The van der Waals surface area contributed by atoms with Gasteiger partial charge >= 0.3 is 0 Å². The van der Waals surface area contributed by atoms with E-state index in [1.54, 1.807) is 6.20 Å². The summed E-state index contributed by atoms with van der Waals surface area (Å²) < 4.78 is 0. The molecule has 1 unspecified atom stereocenters. The van der Waals surface area contributed by atoms with Gasteiger partial charge in [-0.2, -0.15) is 0 Å². The molecule has 1 fully saturated rings. The van der Waals surface area contributed by atoms with Gasteiger partial charge in [0, 0.05) is 12.7 Å². The second-order valence-corrected chi connectivity index (χ2v) is 3.75. The minimum atomic E-state index is 0.605. The molecule has 0 amide bonds. The van der Waals surface area contributed by atoms with Crippen LogP contribution in [-0.2, 0) is 0 Å². The van der Waals surface area contributed by atoms with E-state index in [1.165, 1.54) is 18.5 Å². The number of likely N-dealkylation sites (tertiary alicyclic amines) is 1. The van der Waals surface area contributed by atoms with Gasteiger partial charge in [-0.05, 0) is 37.6 Å². The number of rotatable bonds is 1. The van der Waals surface area contributed by atoms with Gasteiger partial charge in [0.2, 0.25) is 0 Å². The van der Waals surface area contributed by atoms with E-state index in [1.807, 2.05) is 12.3 Å². The second kappa shape index (κ2) is 3.34. The van der Waals surface area contributed by atoms with Crippen molar-refractivity contribution in [2.75, 3.05) is 25.9 Å². The molecule has 1 aromatic rings. The zero-order chi connectivity index (χ0) is 9.26. The Morgan fingerprint density at radius 3 is 3.08 bits per heavy atom. The Kier molecular flexibility index (Phi) is 2.19. The van der Waals surface area contributed by atoms with Gasteiger partial charge in [-0.3, -0.25) is 4.98 Å². The number of likely N-dealkylation sites (N-methyl/N-ethyl adjacent to an activating group) is 1. The molecule has 0 saturated carbocycles. The van der Waals surface area contributed by atoms with Gasteiger partial charge in [-0.15, -0.1) is 0 Å². The van der Waals surface area contributed by atoms with Crippen LogP contribution in [0.3, 0.4) is 0 Å². The van der Waals surface area contributed by atoms with Gasteiger partial charge in [0.25, 0.3) is 0 Å². The fourth-order valence-corrected chi connectivity index (χ4v) is 1.98. The summed E-state index contributed by atoms with van der Waals surface area (Å²) in [5.74, 6) is 0.605. The lowest BCUT2D eigenvalue weighted by molar-refractivity contribution is 0.411. The van der Waals surface area contributed by atoms with Crippen LogP contribution in [0.5, 0.6) is 0 Å². The summed E-state index contributed by atoms with van der Waals surface area (Å²) >= 11 is 0. The molecule has 2 rings (SSSR count). The molecule has 0 aromatic carbocycles. The first-order valence-corrected chi connectivity index (χ1v) is 4.65. The number of aromatic nitrogens is 1. The lowest BCUT2D eigenvalue weighted by Gasteiger charge is -2.12. The number of nitrogen functional groups attached to an aromatic ring is 1. The fraction of sp³-hybridized carbons (Fsp3) is 0.500. The minimum Gasteiger partial charge on any atom is -0.397 e. The molecule has 1 saturated heterocycles. The lowest BCUT2D eigenvalue weighted by Crippen LogP contribution is -2.13. The SMILES string of the molecule is CN1CCC(c2ccncc2N)C1. The third-order valence-corrected chi connectivity index (χ3v) is 2.72. The zero-order valence-electron chi connectivity index (χ0n) is 7.90. The van der Waals surface area contributed by atoms with E-state index < -0.39 is 0 Å². The molecule has 1 aliphatic heterocycles. The zero-order valence-corrected chi connectivity index (χ0v) is 7.90. The molecule has 1 aliphatic rings. The van der Waals surface area contributed by atoms with Gasteiger partial charge in [0.05, 0.1) is 11.9 Å². The smallest absolute Gasteiger partial charge is 0.0536 e. The third kappa shape index (κ3) is 1.65. The summed E-state index contributed by atoms with van der Waals surface area (Å²) in [6.07, 6.45) is 4.78. The molecule has 0 aliphatic carbocycles. The summed E-state index contributed by atoms with van der Waals surface area (Å²) in [6.45, 7) is 2.29. The highest BCUT2D eigenvalue weighted by Gasteiger charge is 2.22. The van der Waals surface area contributed by atoms with E-state index in [0.717, 1.165) is 12.2 Å². The maximum Gasteiger partial charge on any atom is 0.0536 e. The Bertz CT molecular complexity index is 298. The predicted octanol–water partition coefficient (Wildman–Crippen LogP) is 1.08. The van der Waals surface area contributed by atoms with Crippen LogP contribution in [0.2, 0.25) is 0 Å². The van der Waals surface area contributed by atoms with Crippen LogP contribution < -0.4 is 5.73 Å². The molecule has 1 atom stereocenters. The van der Waals surface area contributed by atoms with Crippen LogP contribution in [0.25, 0.3) is 0 Å². The molecule has 3 nitrogen and oxygen atoms in total. The van der Waals surface area contributed by atoms with Crippen molar-refractivity contribution in [3.8, 4) is 0 Å². The van der Waals surface area contributed by atoms with Crippen LogP contribution in [0.15, 0.2) is 18.5 Å². The Balaban J connectivity index is 2.21. The van der Waals surface area contributed by atoms with Gasteiger partial charge in [0.15, 0.2) is 0 Å². The van der Waals surface area contributed by atoms with Gasteiger partial charge in [0.1, 0.15) is 0 Å². The first-order chi connectivity index (χ1) is 6.27. The fourth-order valence-electron chi connectivity index (χ4n) is 1.98. The number of hydrogen-bond acceptors (Lipinski definition) is 3. The molecular weight excluding hydrogens is 162 g/mol. The van der Waals surface area contributed by atoms with Crippen molar-refractivity contribution in [1.29, 1.82) is 0 Å². The summed E-state index contributed by atoms with van der Waals surface area (Å²) in [6, 6.07) is 2.04. The predicted molar refractivity (Wildman–Crippen MR) is 53.5 cm³/mol. The van der Waals surface area contributed by atoms with Crippen LogP contribution in [0.1, 0.15) is 17.9 Å². The maximum absolute atomic E-state index is 5.86. The van der Waals surface area contributed by atoms with Crippen molar-refractivity contribution in [1.82, 2.24) is 9.88 Å². The van der Waals surface area contributed by atoms with E-state index >= 15 is 0 Å². The number of nitrogens with zero attached hydrogens (tertiary/aromatic N) is 2. The highest BCUT2D eigenvalue weighted by atomic mass is 15.1. The minimum absolute atomic E-state index is 0.605. The van der Waals surface area contributed by atoms with Crippen molar-refractivity contribution in [3.05, 3.63) is 24.0 Å². The maximum atomic E-state index is 5.86. The Labute approximate surface area is 78.6 Å². The lowest BCUT2D eigenvalue weighted by atomic mass is 9.98. The molecule has 13 heavy (non-hydrogen) atoms. The molecule has 0 radical (unpaired) electrons. The van der Waals surface area contributed by atoms with Crippen molar-refractivity contribution in [3.63, 3.8) is 0 Å². The molecule has 3 heteroatoms. The van der Waals surface area contributed by atoms with E-state index in [9.17, 15) is 0 Å². The molecule has 70 valence electrons. The highest BCUT2D eigenvalue weighted by molar-refractivity contribution is 5.46. The Morgan fingerprint density at radius 1 is 1.62 bits per heavy atom. The van der Waals surface area contributed by atoms with Crippen LogP contribution in [0.4, 0.5) is 5.69 Å². The number of nitrogens with two attached hydrogens (primary N) is 1. The van der Waals surface area contributed by atoms with E-state index in [2.05, 4.69) is 16.9 Å². The Morgan fingerprint density at radius 2 is 2.46 bits per heavy atom. The summed E-state index contributed by atoms with van der Waals surface area (Å²) in [4.78, 5) is 6.33. The second-order valence-electron chi connectivity index (χ2n) is 3.75. The molecule has 0 bridgehead atoms. The normalized spacial score (nSPS) is 23.6. The first-order valence-electron chi connectivity index (χ1n) is 4.65. The molecule has 2 heterocycles. The summed E-state index contributed by atoms with van der Waals surface area (Å²) in [5.41, 5.74) is 7.96. The van der Waals surface area contributed by atoms with Gasteiger partial charge < -0.3 is 10.6 Å². The quantitative estimate of drug-likeness (QED) is 0.698. The van der Waals surface area contributed by atoms with Crippen LogP contribution >= 0.6 is 0 Å². The standard InChI is InChI=1S/C10H15N3/c1-13-5-3-8(7-13)9-2-4-12-6-10(9)11/h2,4,6,8H,3,5,7,11H2,1H3. The van der Waals surface area contributed by atoms with E-state index in [4.69, 9.17) is 5.73 Å². The van der Waals surface area contributed by atoms with Crippen molar-refractivity contribution >= 4 is 5.69 Å². The largest absolute Gasteiger partial charge is 0.397 e. The first kappa shape index (κ1) is 8.51. The van der Waals surface area contributed by atoms with Crippen LogP contribution in [0, 0.1) is 0 Å². The van der Waals surface area contributed by atoms with Gasteiger partial charge in [-0.25, -0.2) is 0 Å². The number of anilines is 1. The van der Waals surface area contributed by atoms with Crippen molar-refractivity contribution < 1.29 is 0 Å². The number of pyridine rings is 1. The average molecular weight is 177 g/mol. The molecule has 0 spiro atoms. The van der Waals surface area contributed by atoms with E-state index in [-0.39, 0.29) is 0 Å². The van der Waals surface area contributed by atoms with Crippen molar-refractivity contribution in [2.45, 2.75) is 12.3 Å². The van der Waals surface area contributed by atoms with Gasteiger partial charge in [-0.1, -0.05) is 0 Å². The van der Waals surface area contributed by atoms with Crippen molar-refractivity contribution in [2.24, 2.45) is 0 Å². The summed E-state index contributed by atoms with van der Waals surface area (Å²) in [7, 11) is 2.15. The molecular formula is C10H15N3. The molecule has 2 N–H and O–H groups in total. The topological polar surface area (TPSA) is 42.2 Å². The monoisotopic (exact) mass is 177 g/mol. The van der Waals surface area contributed by atoms with E-state index in [0.29, 0.717) is 5.92 Å². The third-order valence-electron chi connectivity index (χ3n) is 2.72.